The van der Waals surface area contributed by atoms with Crippen LogP contribution in [-0.4, -0.2) is 49.1 Å². The summed E-state index contributed by atoms with van der Waals surface area (Å²) in [6, 6.07) is 21.1. The van der Waals surface area contributed by atoms with E-state index in [9.17, 15) is 0 Å². The lowest BCUT2D eigenvalue weighted by Crippen LogP contribution is -2.46. The van der Waals surface area contributed by atoms with Crippen molar-refractivity contribution in [2.75, 3.05) is 39.3 Å². The third-order valence-electron chi connectivity index (χ3n) is 5.29. The molecule has 0 radical (unpaired) electrons. The van der Waals surface area contributed by atoms with Crippen molar-refractivity contribution >= 4 is 11.1 Å². The number of benzene rings is 2. The number of rotatable bonds is 8. The predicted molar refractivity (Wildman–Crippen MR) is 113 cm³/mol. The van der Waals surface area contributed by atoms with Crippen LogP contribution in [0.3, 0.4) is 0 Å². The van der Waals surface area contributed by atoms with Crippen molar-refractivity contribution in [1.29, 1.82) is 0 Å². The molecule has 136 valence electrons. The third kappa shape index (κ3) is 5.42. The molecule has 0 saturated carbocycles. The molecule has 0 amide bonds. The van der Waals surface area contributed by atoms with Gasteiger partial charge in [-0.05, 0) is 35.1 Å². The molecule has 0 atom stereocenters. The van der Waals surface area contributed by atoms with Gasteiger partial charge in [-0.15, -0.1) is 0 Å². The molecule has 2 aromatic rings. The number of hydrogen-bond acceptors (Lipinski definition) is 2. The summed E-state index contributed by atoms with van der Waals surface area (Å²) in [5, 5.41) is 0. The Hall–Kier alpha value is -2.16. The molecule has 2 heteroatoms. The maximum Gasteiger partial charge on any atom is 0.0110 e. The van der Waals surface area contributed by atoms with Crippen LogP contribution < -0.4 is 0 Å². The van der Waals surface area contributed by atoms with Crippen molar-refractivity contribution < 1.29 is 0 Å². The Morgan fingerprint density at radius 3 is 1.31 bits per heavy atom. The second kappa shape index (κ2) is 9.51. The van der Waals surface area contributed by atoms with E-state index in [1.807, 2.05) is 0 Å². The zero-order valence-electron chi connectivity index (χ0n) is 15.7. The zero-order valence-corrected chi connectivity index (χ0v) is 15.7. The van der Waals surface area contributed by atoms with Crippen LogP contribution >= 0.6 is 0 Å². The number of nitrogens with zero attached hydrogens (tertiary/aromatic N) is 2. The van der Waals surface area contributed by atoms with E-state index in [-0.39, 0.29) is 0 Å². The highest BCUT2D eigenvalue weighted by Crippen LogP contribution is 2.18. The number of hydrogen-bond donors (Lipinski definition) is 0. The summed E-state index contributed by atoms with van der Waals surface area (Å²) >= 11 is 0. The lowest BCUT2D eigenvalue weighted by Gasteiger charge is -2.35. The van der Waals surface area contributed by atoms with Crippen molar-refractivity contribution in [2.45, 2.75) is 12.8 Å². The van der Waals surface area contributed by atoms with Gasteiger partial charge in [0.05, 0.1) is 0 Å². The van der Waals surface area contributed by atoms with Gasteiger partial charge in [-0.25, -0.2) is 0 Å². The first-order chi connectivity index (χ1) is 12.7. The van der Waals surface area contributed by atoms with Crippen LogP contribution in [0.25, 0.3) is 11.1 Å². The Kier molecular flexibility index (Phi) is 6.82. The minimum Gasteiger partial charge on any atom is -0.300 e. The van der Waals surface area contributed by atoms with E-state index < -0.39 is 0 Å². The van der Waals surface area contributed by atoms with Crippen molar-refractivity contribution in [3.05, 3.63) is 84.9 Å². The molecule has 1 heterocycles. The van der Waals surface area contributed by atoms with Crippen molar-refractivity contribution in [3.63, 3.8) is 0 Å². The topological polar surface area (TPSA) is 6.48 Å². The molecular formula is C24H30N2. The lowest BCUT2D eigenvalue weighted by molar-refractivity contribution is 0.137. The highest BCUT2D eigenvalue weighted by atomic mass is 15.3. The fraction of sp³-hybridized carbons (Fsp3) is 0.333. The summed E-state index contributed by atoms with van der Waals surface area (Å²) in [6.45, 7) is 15.3. The van der Waals surface area contributed by atoms with Crippen LogP contribution in [0.2, 0.25) is 0 Å². The summed E-state index contributed by atoms with van der Waals surface area (Å²) in [6.07, 6.45) is 2.10. The molecule has 1 fully saturated rings. The van der Waals surface area contributed by atoms with E-state index in [0.29, 0.717) is 0 Å². The quantitative estimate of drug-likeness (QED) is 0.677. The van der Waals surface area contributed by atoms with Crippen LogP contribution in [0.1, 0.15) is 24.0 Å². The first-order valence-corrected chi connectivity index (χ1v) is 9.63. The maximum absolute atomic E-state index is 4.26. The molecule has 0 N–H and O–H groups in total. The highest BCUT2D eigenvalue weighted by Gasteiger charge is 2.16. The monoisotopic (exact) mass is 346 g/mol. The highest BCUT2D eigenvalue weighted by molar-refractivity contribution is 5.63. The summed E-state index contributed by atoms with van der Waals surface area (Å²) in [5.74, 6) is 0. The first kappa shape index (κ1) is 18.6. The van der Waals surface area contributed by atoms with Gasteiger partial charge in [-0.2, -0.15) is 0 Å². The second-order valence-electron chi connectivity index (χ2n) is 7.12. The normalized spacial score (nSPS) is 15.7. The largest absolute Gasteiger partial charge is 0.300 e. The zero-order chi connectivity index (χ0) is 18.2. The van der Waals surface area contributed by atoms with E-state index in [1.165, 1.54) is 22.3 Å². The molecule has 26 heavy (non-hydrogen) atoms. The molecule has 1 aliphatic heterocycles. The summed E-state index contributed by atoms with van der Waals surface area (Å²) in [4.78, 5) is 5.13. The molecule has 0 spiro atoms. The third-order valence-corrected chi connectivity index (χ3v) is 5.29. The van der Waals surface area contributed by atoms with Crippen LogP contribution in [0.15, 0.2) is 73.8 Å². The second-order valence-corrected chi connectivity index (χ2v) is 7.12. The lowest BCUT2D eigenvalue weighted by atomic mass is 10.0. The average Bonchev–Trinajstić information content (AvgIpc) is 2.72. The van der Waals surface area contributed by atoms with Crippen molar-refractivity contribution in [3.8, 4) is 0 Å². The van der Waals surface area contributed by atoms with E-state index in [1.54, 1.807) is 0 Å². The minimum atomic E-state index is 1.05. The van der Waals surface area contributed by atoms with Gasteiger partial charge in [0, 0.05) is 39.3 Å². The fourth-order valence-corrected chi connectivity index (χ4v) is 3.46. The SMILES string of the molecule is C=C(CCN1CCN(CCC(=C)c2ccccc2)CC1)c1ccccc1. The average molecular weight is 347 g/mol. The molecule has 0 aromatic heterocycles. The summed E-state index contributed by atoms with van der Waals surface area (Å²) in [5.41, 5.74) is 5.02. The molecule has 1 aliphatic rings. The van der Waals surface area contributed by atoms with E-state index in [2.05, 4.69) is 83.6 Å². The van der Waals surface area contributed by atoms with Gasteiger partial charge in [0.25, 0.3) is 0 Å². The van der Waals surface area contributed by atoms with Gasteiger partial charge in [-0.1, -0.05) is 73.8 Å². The van der Waals surface area contributed by atoms with Crippen LogP contribution in [0, 0.1) is 0 Å². The molecule has 1 saturated heterocycles. The van der Waals surface area contributed by atoms with Gasteiger partial charge in [0.1, 0.15) is 0 Å². The molecule has 0 unspecified atom stereocenters. The Bertz CT molecular complexity index is 634. The number of piperazine rings is 1. The molecule has 0 bridgehead atoms. The Balaban J connectivity index is 1.35. The molecule has 3 rings (SSSR count). The van der Waals surface area contributed by atoms with Crippen LogP contribution in [0.4, 0.5) is 0 Å². The van der Waals surface area contributed by atoms with Crippen LogP contribution in [0.5, 0.6) is 0 Å². The van der Waals surface area contributed by atoms with Gasteiger partial charge in [-0.3, -0.25) is 0 Å². The maximum atomic E-state index is 4.26. The van der Waals surface area contributed by atoms with Gasteiger partial charge >= 0.3 is 0 Å². The van der Waals surface area contributed by atoms with E-state index in [4.69, 9.17) is 0 Å². The van der Waals surface area contributed by atoms with Gasteiger partial charge < -0.3 is 9.80 Å². The van der Waals surface area contributed by atoms with Gasteiger partial charge in [0.15, 0.2) is 0 Å². The summed E-state index contributed by atoms with van der Waals surface area (Å²) < 4.78 is 0. The molecule has 2 nitrogen and oxygen atoms in total. The molecular weight excluding hydrogens is 316 g/mol. The standard InChI is InChI=1S/C24H30N2/c1-21(23-9-5-3-6-10-23)13-15-25-17-19-26(20-18-25)16-14-22(2)24-11-7-4-8-12-24/h3-12H,1-2,13-20H2. The minimum absolute atomic E-state index is 1.05. The van der Waals surface area contributed by atoms with Crippen LogP contribution in [-0.2, 0) is 0 Å². The predicted octanol–water partition coefficient (Wildman–Crippen LogP) is 4.81. The van der Waals surface area contributed by atoms with E-state index >= 15 is 0 Å². The van der Waals surface area contributed by atoms with Crippen molar-refractivity contribution in [1.82, 2.24) is 9.80 Å². The fourth-order valence-electron chi connectivity index (χ4n) is 3.46. The molecule has 2 aromatic carbocycles. The Labute approximate surface area is 158 Å². The smallest absolute Gasteiger partial charge is 0.0110 e. The van der Waals surface area contributed by atoms with Gasteiger partial charge in [0.2, 0.25) is 0 Å². The Morgan fingerprint density at radius 1 is 0.615 bits per heavy atom. The first-order valence-electron chi connectivity index (χ1n) is 9.63. The Morgan fingerprint density at radius 2 is 0.962 bits per heavy atom. The molecule has 0 aliphatic carbocycles. The van der Waals surface area contributed by atoms with E-state index in [0.717, 1.165) is 52.1 Å². The summed E-state index contributed by atoms with van der Waals surface area (Å²) in [7, 11) is 0. The van der Waals surface area contributed by atoms with Crippen molar-refractivity contribution in [2.24, 2.45) is 0 Å².